The first-order valence-electron chi connectivity index (χ1n) is 9.60. The number of hydrogen-bond acceptors (Lipinski definition) is 4. The zero-order valence-electron chi connectivity index (χ0n) is 16.3. The molecule has 0 unspecified atom stereocenters. The number of likely N-dealkylation sites (tertiary alicyclic amines) is 1. The molecule has 0 N–H and O–H groups in total. The van der Waals surface area contributed by atoms with Crippen LogP contribution in [0.25, 0.3) is 0 Å². The zero-order chi connectivity index (χ0) is 20.5. The van der Waals surface area contributed by atoms with Gasteiger partial charge in [-0.2, -0.15) is 4.31 Å². The van der Waals surface area contributed by atoms with Crippen molar-refractivity contribution in [2.75, 3.05) is 40.3 Å². The van der Waals surface area contributed by atoms with E-state index in [4.69, 9.17) is 23.2 Å². The van der Waals surface area contributed by atoms with Crippen LogP contribution in [0.4, 0.5) is 0 Å². The van der Waals surface area contributed by atoms with Crippen molar-refractivity contribution < 1.29 is 13.2 Å². The fourth-order valence-corrected chi connectivity index (χ4v) is 6.21. The SMILES string of the molecule is CN1CCC(N(C)C(=O)C2CCN(S(=O)(=O)c3cc(Cl)ccc3Cl)CC2)CC1. The molecular formula is C19H27Cl2N3O3S. The molecule has 2 saturated heterocycles. The summed E-state index contributed by atoms with van der Waals surface area (Å²) in [6.45, 7) is 2.62. The highest BCUT2D eigenvalue weighted by Gasteiger charge is 2.35. The molecular weight excluding hydrogens is 421 g/mol. The molecule has 28 heavy (non-hydrogen) atoms. The Hall–Kier alpha value is -0.860. The first-order valence-corrected chi connectivity index (χ1v) is 11.8. The summed E-state index contributed by atoms with van der Waals surface area (Å²) in [5.41, 5.74) is 0. The van der Waals surface area contributed by atoms with Crippen LogP contribution in [0.2, 0.25) is 10.0 Å². The summed E-state index contributed by atoms with van der Waals surface area (Å²) in [6.07, 6.45) is 3.01. The van der Waals surface area contributed by atoms with Crippen LogP contribution in [-0.2, 0) is 14.8 Å². The van der Waals surface area contributed by atoms with Crippen molar-refractivity contribution >= 4 is 39.1 Å². The number of sulfonamides is 1. The quantitative estimate of drug-likeness (QED) is 0.711. The summed E-state index contributed by atoms with van der Waals surface area (Å²) >= 11 is 12.0. The lowest BCUT2D eigenvalue weighted by atomic mass is 9.94. The molecule has 2 fully saturated rings. The second kappa shape index (κ2) is 8.88. The zero-order valence-corrected chi connectivity index (χ0v) is 18.6. The van der Waals surface area contributed by atoms with E-state index in [0.29, 0.717) is 31.0 Å². The average molecular weight is 448 g/mol. The van der Waals surface area contributed by atoms with Crippen LogP contribution in [0.1, 0.15) is 25.7 Å². The van der Waals surface area contributed by atoms with Gasteiger partial charge in [0.05, 0.1) is 5.02 Å². The van der Waals surface area contributed by atoms with E-state index in [2.05, 4.69) is 11.9 Å². The number of hydrogen-bond donors (Lipinski definition) is 0. The van der Waals surface area contributed by atoms with E-state index in [1.807, 2.05) is 11.9 Å². The number of benzene rings is 1. The van der Waals surface area contributed by atoms with Gasteiger partial charge in [0.15, 0.2) is 0 Å². The van der Waals surface area contributed by atoms with E-state index >= 15 is 0 Å². The van der Waals surface area contributed by atoms with E-state index in [-0.39, 0.29) is 27.8 Å². The highest BCUT2D eigenvalue weighted by Crippen LogP contribution is 2.31. The second-order valence-electron chi connectivity index (χ2n) is 7.74. The Morgan fingerprint density at radius 2 is 1.68 bits per heavy atom. The van der Waals surface area contributed by atoms with Crippen LogP contribution in [-0.4, -0.2) is 74.7 Å². The lowest BCUT2D eigenvalue weighted by molar-refractivity contribution is -0.138. The number of nitrogens with zero attached hydrogens (tertiary/aromatic N) is 3. The predicted octanol–water partition coefficient (Wildman–Crippen LogP) is 2.95. The lowest BCUT2D eigenvalue weighted by Gasteiger charge is -2.38. The average Bonchev–Trinajstić information content (AvgIpc) is 2.69. The molecule has 6 nitrogen and oxygen atoms in total. The van der Waals surface area contributed by atoms with Gasteiger partial charge in [0.1, 0.15) is 4.90 Å². The van der Waals surface area contributed by atoms with Gasteiger partial charge in [0.2, 0.25) is 15.9 Å². The molecule has 0 aromatic heterocycles. The molecule has 2 aliphatic heterocycles. The maximum Gasteiger partial charge on any atom is 0.244 e. The number of amides is 1. The molecule has 0 saturated carbocycles. The van der Waals surface area contributed by atoms with Crippen LogP contribution in [0.3, 0.4) is 0 Å². The Kier molecular flexibility index (Phi) is 6.92. The molecule has 0 bridgehead atoms. The monoisotopic (exact) mass is 447 g/mol. The molecule has 3 rings (SSSR count). The topological polar surface area (TPSA) is 60.9 Å². The summed E-state index contributed by atoms with van der Waals surface area (Å²) in [5, 5.41) is 0.484. The summed E-state index contributed by atoms with van der Waals surface area (Å²) in [7, 11) is 0.255. The van der Waals surface area contributed by atoms with Crippen LogP contribution in [0.5, 0.6) is 0 Å². The molecule has 2 heterocycles. The third-order valence-corrected chi connectivity index (χ3v) is 8.51. The van der Waals surface area contributed by atoms with Gasteiger partial charge in [0, 0.05) is 37.1 Å². The number of carbonyl (C=O) groups excluding carboxylic acids is 1. The third kappa shape index (κ3) is 4.65. The second-order valence-corrected chi connectivity index (χ2v) is 10.5. The molecule has 156 valence electrons. The van der Waals surface area contributed by atoms with E-state index in [1.54, 1.807) is 6.07 Å². The molecule has 0 radical (unpaired) electrons. The van der Waals surface area contributed by atoms with Gasteiger partial charge in [-0.3, -0.25) is 4.79 Å². The molecule has 1 amide bonds. The minimum Gasteiger partial charge on any atom is -0.342 e. The number of piperidine rings is 2. The van der Waals surface area contributed by atoms with Gasteiger partial charge in [-0.05, 0) is 64.0 Å². The Bertz CT molecular complexity index is 818. The summed E-state index contributed by atoms with van der Waals surface area (Å²) in [5.74, 6) is -0.00155. The summed E-state index contributed by atoms with van der Waals surface area (Å²) in [4.78, 5) is 17.1. The van der Waals surface area contributed by atoms with Crippen LogP contribution in [0.15, 0.2) is 23.1 Å². The standard InChI is InChI=1S/C19H27Cl2N3O3S/c1-22-9-7-16(8-10-22)23(2)19(25)14-5-11-24(12-6-14)28(26,27)18-13-15(20)3-4-17(18)21/h3-4,13-14,16H,5-12H2,1-2H3. The van der Waals surface area contributed by atoms with Crippen LogP contribution >= 0.6 is 23.2 Å². The van der Waals surface area contributed by atoms with E-state index in [0.717, 1.165) is 25.9 Å². The Morgan fingerprint density at radius 3 is 2.29 bits per heavy atom. The Balaban J connectivity index is 1.62. The van der Waals surface area contributed by atoms with Crippen LogP contribution < -0.4 is 0 Å². The van der Waals surface area contributed by atoms with Crippen molar-refractivity contribution in [2.24, 2.45) is 5.92 Å². The Morgan fingerprint density at radius 1 is 1.07 bits per heavy atom. The van der Waals surface area contributed by atoms with Gasteiger partial charge in [-0.1, -0.05) is 23.2 Å². The fraction of sp³-hybridized carbons (Fsp3) is 0.632. The molecule has 9 heteroatoms. The lowest BCUT2D eigenvalue weighted by Crippen LogP contribution is -2.48. The van der Waals surface area contributed by atoms with Crippen molar-refractivity contribution in [1.82, 2.24) is 14.1 Å². The van der Waals surface area contributed by atoms with Crippen molar-refractivity contribution in [3.63, 3.8) is 0 Å². The summed E-state index contributed by atoms with van der Waals surface area (Å²) < 4.78 is 27.3. The fourth-order valence-electron chi connectivity index (χ4n) is 4.01. The molecule has 0 atom stereocenters. The van der Waals surface area contributed by atoms with Gasteiger partial charge >= 0.3 is 0 Å². The van der Waals surface area contributed by atoms with Crippen molar-refractivity contribution in [1.29, 1.82) is 0 Å². The van der Waals surface area contributed by atoms with Gasteiger partial charge in [-0.15, -0.1) is 0 Å². The first-order chi connectivity index (χ1) is 13.2. The van der Waals surface area contributed by atoms with E-state index in [1.165, 1.54) is 16.4 Å². The number of carbonyl (C=O) groups is 1. The molecule has 1 aromatic rings. The minimum absolute atomic E-state index is 0.0230. The van der Waals surface area contributed by atoms with Crippen molar-refractivity contribution in [3.8, 4) is 0 Å². The molecule has 2 aliphatic rings. The van der Waals surface area contributed by atoms with E-state index < -0.39 is 10.0 Å². The first kappa shape index (κ1) is 21.8. The maximum absolute atomic E-state index is 12.9. The Labute approximate surface area is 177 Å². The van der Waals surface area contributed by atoms with E-state index in [9.17, 15) is 13.2 Å². The minimum atomic E-state index is -3.72. The maximum atomic E-state index is 12.9. The molecule has 0 aliphatic carbocycles. The van der Waals surface area contributed by atoms with Crippen LogP contribution in [0, 0.1) is 5.92 Å². The largest absolute Gasteiger partial charge is 0.342 e. The highest BCUT2D eigenvalue weighted by molar-refractivity contribution is 7.89. The van der Waals surface area contributed by atoms with Gasteiger partial charge in [0.25, 0.3) is 0 Å². The normalized spacial score (nSPS) is 21.0. The highest BCUT2D eigenvalue weighted by atomic mass is 35.5. The number of rotatable bonds is 4. The van der Waals surface area contributed by atoms with Crippen molar-refractivity contribution in [3.05, 3.63) is 28.2 Å². The number of halogens is 2. The predicted molar refractivity (Wildman–Crippen MR) is 111 cm³/mol. The van der Waals surface area contributed by atoms with Gasteiger partial charge in [-0.25, -0.2) is 8.42 Å². The summed E-state index contributed by atoms with van der Waals surface area (Å²) in [6, 6.07) is 4.70. The smallest absolute Gasteiger partial charge is 0.244 e. The van der Waals surface area contributed by atoms with Crippen molar-refractivity contribution in [2.45, 2.75) is 36.6 Å². The molecule has 0 spiro atoms. The van der Waals surface area contributed by atoms with Gasteiger partial charge < -0.3 is 9.80 Å². The third-order valence-electron chi connectivity index (χ3n) is 5.90. The molecule has 1 aromatic carbocycles.